The van der Waals surface area contributed by atoms with Gasteiger partial charge in [0.05, 0.1) is 5.92 Å². The first-order valence-corrected chi connectivity index (χ1v) is 8.97. The molecule has 0 aliphatic carbocycles. The largest absolute Gasteiger partial charge is 0.481 e. The molecule has 1 aromatic carbocycles. The maximum absolute atomic E-state index is 11.3. The molecule has 1 aliphatic rings. The molecule has 1 aliphatic heterocycles. The van der Waals surface area contributed by atoms with E-state index in [1.54, 1.807) is 19.3 Å². The van der Waals surface area contributed by atoms with Crippen molar-refractivity contribution >= 4 is 11.7 Å². The van der Waals surface area contributed by atoms with Gasteiger partial charge in [-0.2, -0.15) is 0 Å². The summed E-state index contributed by atoms with van der Waals surface area (Å²) in [6.07, 6.45) is 3.82. The Balaban J connectivity index is 1.66. The summed E-state index contributed by atoms with van der Waals surface area (Å²) in [6, 6.07) is 13.6. The quantitative estimate of drug-likeness (QED) is 0.824. The van der Waals surface area contributed by atoms with Crippen molar-refractivity contribution in [2.75, 3.05) is 31.1 Å². The Morgan fingerprint density at radius 1 is 1.12 bits per heavy atom. The average molecular weight is 355 g/mol. The van der Waals surface area contributed by atoms with E-state index < -0.39 is 11.9 Å². The third-order valence-electron chi connectivity index (χ3n) is 4.74. The van der Waals surface area contributed by atoms with Gasteiger partial charge in [0, 0.05) is 50.7 Å². The van der Waals surface area contributed by atoms with Crippen molar-refractivity contribution in [3.8, 4) is 5.75 Å². The van der Waals surface area contributed by atoms with Crippen molar-refractivity contribution < 1.29 is 14.6 Å². The molecule has 2 heterocycles. The lowest BCUT2D eigenvalue weighted by Gasteiger charge is -2.40. The SMILES string of the molecule is CC(CC(Oc1ccccc1)N1CCN(c2ccncc2)CC1)C(=O)O. The van der Waals surface area contributed by atoms with Crippen molar-refractivity contribution in [1.29, 1.82) is 0 Å². The highest BCUT2D eigenvalue weighted by Gasteiger charge is 2.28. The first-order valence-electron chi connectivity index (χ1n) is 8.97. The molecule has 26 heavy (non-hydrogen) atoms. The number of piperazine rings is 1. The number of anilines is 1. The molecule has 1 saturated heterocycles. The van der Waals surface area contributed by atoms with Crippen LogP contribution in [-0.4, -0.2) is 53.4 Å². The number of hydrogen-bond donors (Lipinski definition) is 1. The fourth-order valence-corrected chi connectivity index (χ4v) is 3.15. The summed E-state index contributed by atoms with van der Waals surface area (Å²) in [4.78, 5) is 19.9. The molecule has 0 radical (unpaired) electrons. The maximum atomic E-state index is 11.3. The second kappa shape index (κ2) is 8.67. The highest BCUT2D eigenvalue weighted by Crippen LogP contribution is 2.22. The van der Waals surface area contributed by atoms with Crippen LogP contribution in [0.5, 0.6) is 5.75 Å². The molecule has 0 bridgehead atoms. The third-order valence-corrected chi connectivity index (χ3v) is 4.74. The number of rotatable bonds is 7. The smallest absolute Gasteiger partial charge is 0.306 e. The number of carboxylic acid groups (broad SMARTS) is 1. The Kier molecular flexibility index (Phi) is 6.07. The maximum Gasteiger partial charge on any atom is 0.306 e. The van der Waals surface area contributed by atoms with Crippen molar-refractivity contribution in [2.24, 2.45) is 5.92 Å². The minimum atomic E-state index is -0.790. The molecule has 0 spiro atoms. The van der Waals surface area contributed by atoms with Crippen LogP contribution in [-0.2, 0) is 4.79 Å². The van der Waals surface area contributed by atoms with Gasteiger partial charge in [0.15, 0.2) is 6.23 Å². The van der Waals surface area contributed by atoms with Gasteiger partial charge in [0.2, 0.25) is 0 Å². The van der Waals surface area contributed by atoms with Gasteiger partial charge < -0.3 is 14.7 Å². The lowest BCUT2D eigenvalue weighted by molar-refractivity contribution is -0.143. The lowest BCUT2D eigenvalue weighted by Crippen LogP contribution is -2.52. The molecule has 138 valence electrons. The van der Waals surface area contributed by atoms with Crippen LogP contribution in [0.4, 0.5) is 5.69 Å². The number of carbonyl (C=O) groups is 1. The number of hydrogen-bond acceptors (Lipinski definition) is 5. The summed E-state index contributed by atoms with van der Waals surface area (Å²) in [5.41, 5.74) is 1.17. The molecule has 6 nitrogen and oxygen atoms in total. The number of carboxylic acids is 1. The highest BCUT2D eigenvalue weighted by molar-refractivity contribution is 5.69. The summed E-state index contributed by atoms with van der Waals surface area (Å²) in [7, 11) is 0. The minimum Gasteiger partial charge on any atom is -0.481 e. The Morgan fingerprint density at radius 3 is 2.38 bits per heavy atom. The molecule has 1 aromatic heterocycles. The van der Waals surface area contributed by atoms with Crippen molar-refractivity contribution in [3.63, 3.8) is 0 Å². The van der Waals surface area contributed by atoms with Crippen LogP contribution in [0.15, 0.2) is 54.9 Å². The van der Waals surface area contributed by atoms with E-state index in [1.807, 2.05) is 42.5 Å². The number of nitrogens with zero attached hydrogens (tertiary/aromatic N) is 3. The predicted molar refractivity (Wildman–Crippen MR) is 100 cm³/mol. The van der Waals surface area contributed by atoms with Crippen LogP contribution >= 0.6 is 0 Å². The van der Waals surface area contributed by atoms with Crippen LogP contribution in [0.25, 0.3) is 0 Å². The van der Waals surface area contributed by atoms with E-state index in [0.717, 1.165) is 31.9 Å². The van der Waals surface area contributed by atoms with Crippen LogP contribution in [0.3, 0.4) is 0 Å². The molecule has 0 amide bonds. The van der Waals surface area contributed by atoms with E-state index in [9.17, 15) is 9.90 Å². The number of para-hydroxylation sites is 1. The fourth-order valence-electron chi connectivity index (χ4n) is 3.15. The van der Waals surface area contributed by atoms with E-state index in [2.05, 4.69) is 14.8 Å². The number of aromatic nitrogens is 1. The van der Waals surface area contributed by atoms with E-state index in [4.69, 9.17) is 4.74 Å². The van der Waals surface area contributed by atoms with Gasteiger partial charge in [-0.05, 0) is 24.3 Å². The number of aliphatic carboxylic acids is 1. The zero-order chi connectivity index (χ0) is 18.4. The standard InChI is InChI=1S/C20H25N3O3/c1-16(20(24)25)15-19(26-18-5-3-2-4-6-18)23-13-11-22(12-14-23)17-7-9-21-10-8-17/h2-10,16,19H,11-15H2,1H3,(H,24,25). The van der Waals surface area contributed by atoms with Crippen molar-refractivity contribution in [2.45, 2.75) is 19.6 Å². The Hall–Kier alpha value is -2.60. The molecule has 6 heteroatoms. The Bertz CT molecular complexity index is 688. The molecule has 2 atom stereocenters. The third kappa shape index (κ3) is 4.73. The van der Waals surface area contributed by atoms with Gasteiger partial charge >= 0.3 is 5.97 Å². The van der Waals surface area contributed by atoms with Crippen LogP contribution in [0, 0.1) is 5.92 Å². The van der Waals surface area contributed by atoms with Gasteiger partial charge in [-0.15, -0.1) is 0 Å². The Labute approximate surface area is 154 Å². The van der Waals surface area contributed by atoms with Gasteiger partial charge in [-0.25, -0.2) is 0 Å². The molecule has 2 unspecified atom stereocenters. The van der Waals surface area contributed by atoms with Crippen LogP contribution in [0.1, 0.15) is 13.3 Å². The number of ether oxygens (including phenoxy) is 1. The Morgan fingerprint density at radius 2 is 1.77 bits per heavy atom. The van der Waals surface area contributed by atoms with Crippen LogP contribution in [0.2, 0.25) is 0 Å². The zero-order valence-electron chi connectivity index (χ0n) is 15.0. The first kappa shape index (κ1) is 18.2. The predicted octanol–water partition coefficient (Wildman–Crippen LogP) is 2.72. The summed E-state index contributed by atoms with van der Waals surface area (Å²) in [5, 5.41) is 9.30. The van der Waals surface area contributed by atoms with Crippen LogP contribution < -0.4 is 9.64 Å². The van der Waals surface area contributed by atoms with E-state index in [1.165, 1.54) is 5.69 Å². The van der Waals surface area contributed by atoms with Crippen molar-refractivity contribution in [3.05, 3.63) is 54.9 Å². The molecular weight excluding hydrogens is 330 g/mol. The van der Waals surface area contributed by atoms with Gasteiger partial charge in [0.25, 0.3) is 0 Å². The summed E-state index contributed by atoms with van der Waals surface area (Å²) in [5.74, 6) is -0.476. The summed E-state index contributed by atoms with van der Waals surface area (Å²) >= 11 is 0. The highest BCUT2D eigenvalue weighted by atomic mass is 16.5. The molecule has 3 rings (SSSR count). The number of pyridine rings is 1. The lowest BCUT2D eigenvalue weighted by atomic mass is 10.1. The molecule has 1 fully saturated rings. The normalized spacial score (nSPS) is 17.5. The van der Waals surface area contributed by atoms with E-state index in [-0.39, 0.29) is 6.23 Å². The molecule has 1 N–H and O–H groups in total. The number of benzene rings is 1. The second-order valence-corrected chi connectivity index (χ2v) is 6.59. The summed E-state index contributed by atoms with van der Waals surface area (Å²) < 4.78 is 6.15. The van der Waals surface area contributed by atoms with Crippen molar-refractivity contribution in [1.82, 2.24) is 9.88 Å². The fraction of sp³-hybridized carbons (Fsp3) is 0.400. The average Bonchev–Trinajstić information content (AvgIpc) is 2.69. The molecule has 0 saturated carbocycles. The molecule has 2 aromatic rings. The second-order valence-electron chi connectivity index (χ2n) is 6.59. The zero-order valence-corrected chi connectivity index (χ0v) is 15.0. The van der Waals surface area contributed by atoms with Gasteiger partial charge in [-0.3, -0.25) is 14.7 Å². The van der Waals surface area contributed by atoms with Gasteiger partial charge in [-0.1, -0.05) is 25.1 Å². The van der Waals surface area contributed by atoms with E-state index in [0.29, 0.717) is 6.42 Å². The minimum absolute atomic E-state index is 0.247. The van der Waals surface area contributed by atoms with Gasteiger partial charge in [0.1, 0.15) is 5.75 Å². The topological polar surface area (TPSA) is 65.9 Å². The molecular formula is C20H25N3O3. The first-order chi connectivity index (χ1) is 12.6. The van der Waals surface area contributed by atoms with E-state index >= 15 is 0 Å². The monoisotopic (exact) mass is 355 g/mol. The summed E-state index contributed by atoms with van der Waals surface area (Å²) in [6.45, 7) is 5.13.